The fourth-order valence-electron chi connectivity index (χ4n) is 3.54. The number of ketones is 1. The second-order valence-corrected chi connectivity index (χ2v) is 7.41. The second kappa shape index (κ2) is 6.77. The molecule has 2 aliphatic carbocycles. The summed E-state index contributed by atoms with van der Waals surface area (Å²) in [5.41, 5.74) is 5.99. The van der Waals surface area contributed by atoms with Crippen LogP contribution >= 0.6 is 11.3 Å². The van der Waals surface area contributed by atoms with Crippen LogP contribution in [0, 0.1) is 5.92 Å². The van der Waals surface area contributed by atoms with Crippen LogP contribution in [0.1, 0.15) is 73.9 Å². The average molecular weight is 307 g/mol. The van der Waals surface area contributed by atoms with Gasteiger partial charge in [-0.25, -0.2) is 4.98 Å². The quantitative estimate of drug-likeness (QED) is 0.817. The van der Waals surface area contributed by atoms with Crippen molar-refractivity contribution in [3.8, 4) is 0 Å². The molecule has 21 heavy (non-hydrogen) atoms. The zero-order chi connectivity index (χ0) is 14.7. The summed E-state index contributed by atoms with van der Waals surface area (Å²) < 4.78 is 0. The number of nitrogens with one attached hydrogen (secondary N) is 1. The summed E-state index contributed by atoms with van der Waals surface area (Å²) >= 11 is 1.46. The van der Waals surface area contributed by atoms with Crippen LogP contribution in [0.5, 0.6) is 0 Å². The lowest BCUT2D eigenvalue weighted by atomic mass is 9.86. The molecule has 1 aromatic heterocycles. The first-order chi connectivity index (χ1) is 10.2. The fraction of sp³-hybridized carbons (Fsp3) is 0.750. The lowest BCUT2D eigenvalue weighted by Crippen LogP contribution is -2.22. The van der Waals surface area contributed by atoms with Crippen molar-refractivity contribution in [2.75, 3.05) is 11.1 Å². The number of nitrogens with zero attached hydrogens (tertiary/aromatic N) is 1. The van der Waals surface area contributed by atoms with Gasteiger partial charge in [0.25, 0.3) is 0 Å². The van der Waals surface area contributed by atoms with E-state index in [0.29, 0.717) is 16.7 Å². The number of carbonyl (C=O) groups excluding carboxylic acids is 1. The highest BCUT2D eigenvalue weighted by molar-refractivity contribution is 7.18. The largest absolute Gasteiger partial charge is 0.382 e. The van der Waals surface area contributed by atoms with Crippen LogP contribution in [-0.2, 0) is 0 Å². The second-order valence-electron chi connectivity index (χ2n) is 6.41. The van der Waals surface area contributed by atoms with E-state index in [0.717, 1.165) is 18.0 Å². The van der Waals surface area contributed by atoms with Crippen molar-refractivity contribution >= 4 is 28.1 Å². The van der Waals surface area contributed by atoms with Gasteiger partial charge >= 0.3 is 0 Å². The number of hydrogen-bond acceptors (Lipinski definition) is 5. The molecule has 116 valence electrons. The molecule has 0 bridgehead atoms. The van der Waals surface area contributed by atoms with E-state index in [-0.39, 0.29) is 11.7 Å². The Bertz CT molecular complexity index is 488. The van der Waals surface area contributed by atoms with Gasteiger partial charge in [-0.3, -0.25) is 4.79 Å². The van der Waals surface area contributed by atoms with Gasteiger partial charge in [0, 0.05) is 12.0 Å². The molecule has 2 aliphatic rings. The molecular formula is C16H25N3OS. The highest BCUT2D eigenvalue weighted by Gasteiger charge is 2.27. The van der Waals surface area contributed by atoms with E-state index in [2.05, 4.69) is 10.3 Å². The summed E-state index contributed by atoms with van der Waals surface area (Å²) in [5, 5.41) is 4.31. The maximum absolute atomic E-state index is 12.6. The van der Waals surface area contributed by atoms with Crippen LogP contribution in [-0.4, -0.2) is 16.8 Å². The minimum atomic E-state index is 0.170. The SMILES string of the molecule is Nc1nc(NC2CCCCC2)sc1C(=O)C1CCCCC1. The smallest absolute Gasteiger partial charge is 0.185 e. The van der Waals surface area contributed by atoms with Crippen molar-refractivity contribution < 1.29 is 4.79 Å². The van der Waals surface area contributed by atoms with E-state index < -0.39 is 0 Å². The monoisotopic (exact) mass is 307 g/mol. The van der Waals surface area contributed by atoms with Crippen molar-refractivity contribution in [1.29, 1.82) is 0 Å². The van der Waals surface area contributed by atoms with Gasteiger partial charge in [-0.15, -0.1) is 0 Å². The minimum Gasteiger partial charge on any atom is -0.382 e. The Hall–Kier alpha value is -1.10. The van der Waals surface area contributed by atoms with E-state index in [1.165, 1.54) is 62.7 Å². The molecular weight excluding hydrogens is 282 g/mol. The van der Waals surface area contributed by atoms with Gasteiger partial charge in [-0.05, 0) is 25.7 Å². The number of carbonyl (C=O) groups is 1. The molecule has 0 atom stereocenters. The number of nitrogens with two attached hydrogens (primary N) is 1. The number of anilines is 2. The summed E-state index contributed by atoms with van der Waals surface area (Å²) in [6.45, 7) is 0. The highest BCUT2D eigenvalue weighted by Crippen LogP contribution is 2.34. The third-order valence-electron chi connectivity index (χ3n) is 4.79. The lowest BCUT2D eigenvalue weighted by molar-refractivity contribution is 0.0894. The normalized spacial score (nSPS) is 21.3. The predicted octanol–water partition coefficient (Wildman–Crippen LogP) is 4.23. The summed E-state index contributed by atoms with van der Waals surface area (Å²) in [4.78, 5) is 17.7. The summed E-state index contributed by atoms with van der Waals surface area (Å²) in [6, 6.07) is 0.502. The predicted molar refractivity (Wildman–Crippen MR) is 87.9 cm³/mol. The molecule has 0 radical (unpaired) electrons. The van der Waals surface area contributed by atoms with Gasteiger partial charge in [0.2, 0.25) is 0 Å². The summed E-state index contributed by atoms with van der Waals surface area (Å²) in [6.07, 6.45) is 11.9. The molecule has 0 aliphatic heterocycles. The van der Waals surface area contributed by atoms with Crippen molar-refractivity contribution in [1.82, 2.24) is 4.98 Å². The van der Waals surface area contributed by atoms with Crippen molar-refractivity contribution in [3.05, 3.63) is 4.88 Å². The molecule has 4 nitrogen and oxygen atoms in total. The third-order valence-corrected chi connectivity index (χ3v) is 5.80. The van der Waals surface area contributed by atoms with Gasteiger partial charge in [-0.2, -0.15) is 0 Å². The number of Topliss-reactive ketones (excluding diaryl/α,β-unsaturated/α-hetero) is 1. The first-order valence-electron chi connectivity index (χ1n) is 8.31. The molecule has 0 aromatic carbocycles. The van der Waals surface area contributed by atoms with Crippen LogP contribution in [0.4, 0.5) is 10.9 Å². The van der Waals surface area contributed by atoms with Gasteiger partial charge < -0.3 is 11.1 Å². The van der Waals surface area contributed by atoms with Gasteiger partial charge in [0.15, 0.2) is 10.9 Å². The fourth-order valence-corrected chi connectivity index (χ4v) is 4.52. The van der Waals surface area contributed by atoms with E-state index in [9.17, 15) is 4.79 Å². The lowest BCUT2D eigenvalue weighted by Gasteiger charge is -2.22. The zero-order valence-corrected chi connectivity index (χ0v) is 13.4. The highest BCUT2D eigenvalue weighted by atomic mass is 32.1. The topological polar surface area (TPSA) is 68.0 Å². The molecule has 3 rings (SSSR count). The van der Waals surface area contributed by atoms with Gasteiger partial charge in [0.05, 0.1) is 0 Å². The van der Waals surface area contributed by atoms with Gasteiger partial charge in [-0.1, -0.05) is 49.9 Å². The molecule has 1 aromatic rings. The van der Waals surface area contributed by atoms with E-state index in [4.69, 9.17) is 5.73 Å². The first kappa shape index (κ1) is 14.8. The summed E-state index contributed by atoms with van der Waals surface area (Å²) in [7, 11) is 0. The number of aromatic nitrogens is 1. The van der Waals surface area contributed by atoms with E-state index in [1.807, 2.05) is 0 Å². The molecule has 2 saturated carbocycles. The molecule has 2 fully saturated rings. The Morgan fingerprint density at radius 1 is 1.05 bits per heavy atom. The molecule has 5 heteroatoms. The standard InChI is InChI=1S/C16H25N3OS/c17-15-14(13(20)11-7-3-1-4-8-11)21-16(19-15)18-12-9-5-2-6-10-12/h11-12H,1-10,17H2,(H,18,19). The van der Waals surface area contributed by atoms with Crippen molar-refractivity contribution in [3.63, 3.8) is 0 Å². The molecule has 1 heterocycles. The Labute approximate surface area is 130 Å². The Balaban J connectivity index is 1.66. The average Bonchev–Trinajstić information content (AvgIpc) is 2.89. The van der Waals surface area contributed by atoms with Crippen LogP contribution in [0.3, 0.4) is 0 Å². The van der Waals surface area contributed by atoms with Gasteiger partial charge in [0.1, 0.15) is 10.7 Å². The maximum Gasteiger partial charge on any atom is 0.185 e. The van der Waals surface area contributed by atoms with Crippen LogP contribution in [0.25, 0.3) is 0 Å². The first-order valence-corrected chi connectivity index (χ1v) is 9.13. The Morgan fingerprint density at radius 3 is 2.33 bits per heavy atom. The Kier molecular flexibility index (Phi) is 4.78. The molecule has 3 N–H and O–H groups in total. The molecule has 0 spiro atoms. The zero-order valence-electron chi connectivity index (χ0n) is 12.6. The Morgan fingerprint density at radius 2 is 1.67 bits per heavy atom. The van der Waals surface area contributed by atoms with Crippen LogP contribution in [0.15, 0.2) is 0 Å². The number of hydrogen-bond donors (Lipinski definition) is 2. The molecule has 0 saturated heterocycles. The molecule has 0 amide bonds. The minimum absolute atomic E-state index is 0.170. The van der Waals surface area contributed by atoms with E-state index >= 15 is 0 Å². The maximum atomic E-state index is 12.6. The van der Waals surface area contributed by atoms with Crippen LogP contribution in [0.2, 0.25) is 0 Å². The van der Waals surface area contributed by atoms with E-state index in [1.54, 1.807) is 0 Å². The summed E-state index contributed by atoms with van der Waals surface area (Å²) in [5.74, 6) is 0.819. The number of thiazole rings is 1. The van der Waals surface area contributed by atoms with Crippen molar-refractivity contribution in [2.45, 2.75) is 70.3 Å². The number of nitrogen functional groups attached to an aromatic ring is 1. The van der Waals surface area contributed by atoms with Crippen molar-refractivity contribution in [2.24, 2.45) is 5.92 Å². The number of rotatable bonds is 4. The third kappa shape index (κ3) is 3.57. The van der Waals surface area contributed by atoms with Crippen LogP contribution < -0.4 is 11.1 Å². The molecule has 0 unspecified atom stereocenters.